The van der Waals surface area contributed by atoms with Gasteiger partial charge in [-0.2, -0.15) is 5.26 Å². The number of urea groups is 1. The largest absolute Gasteiger partial charge is 0.335 e. The zero-order chi connectivity index (χ0) is 13.7. The molecule has 1 fully saturated rings. The number of rotatable bonds is 2. The van der Waals surface area contributed by atoms with Crippen LogP contribution in [0.4, 0.5) is 10.5 Å². The summed E-state index contributed by atoms with van der Waals surface area (Å²) < 4.78 is 0. The van der Waals surface area contributed by atoms with E-state index in [0.29, 0.717) is 11.3 Å². The minimum atomic E-state index is -0.239. The van der Waals surface area contributed by atoms with Crippen molar-refractivity contribution in [2.45, 2.75) is 18.9 Å². The van der Waals surface area contributed by atoms with Crippen LogP contribution in [0.3, 0.4) is 0 Å². The summed E-state index contributed by atoms with van der Waals surface area (Å²) >= 11 is 0. The van der Waals surface area contributed by atoms with Crippen LogP contribution >= 0.6 is 0 Å². The van der Waals surface area contributed by atoms with Gasteiger partial charge < -0.3 is 15.5 Å². The first-order valence-corrected chi connectivity index (χ1v) is 6.44. The molecular formula is C14H18N4O. The number of piperidine rings is 1. The van der Waals surface area contributed by atoms with Crippen LogP contribution in [0, 0.1) is 11.3 Å². The molecule has 19 heavy (non-hydrogen) atoms. The number of carbonyl (C=O) groups excluding carboxylic acids is 1. The Kier molecular flexibility index (Phi) is 4.37. The molecule has 0 unspecified atom stereocenters. The second-order valence-corrected chi connectivity index (χ2v) is 4.83. The van der Waals surface area contributed by atoms with E-state index in [1.165, 1.54) is 0 Å². The van der Waals surface area contributed by atoms with Crippen LogP contribution < -0.4 is 10.6 Å². The van der Waals surface area contributed by atoms with Crippen molar-refractivity contribution >= 4 is 11.7 Å². The van der Waals surface area contributed by atoms with Gasteiger partial charge in [-0.25, -0.2) is 4.79 Å². The number of hydrogen-bond donors (Lipinski definition) is 2. The highest BCUT2D eigenvalue weighted by molar-refractivity contribution is 5.90. The fourth-order valence-corrected chi connectivity index (χ4v) is 2.19. The van der Waals surface area contributed by atoms with Gasteiger partial charge in [0.2, 0.25) is 0 Å². The lowest BCUT2D eigenvalue weighted by Crippen LogP contribution is -2.44. The molecule has 0 atom stereocenters. The lowest BCUT2D eigenvalue weighted by atomic mass is 10.1. The molecule has 1 aliphatic heterocycles. The topological polar surface area (TPSA) is 68.2 Å². The second-order valence-electron chi connectivity index (χ2n) is 4.83. The quantitative estimate of drug-likeness (QED) is 0.849. The number of nitrogens with one attached hydrogen (secondary N) is 2. The van der Waals surface area contributed by atoms with Gasteiger partial charge >= 0.3 is 6.03 Å². The van der Waals surface area contributed by atoms with Gasteiger partial charge in [-0.15, -0.1) is 0 Å². The first kappa shape index (κ1) is 13.4. The monoisotopic (exact) mass is 258 g/mol. The summed E-state index contributed by atoms with van der Waals surface area (Å²) in [6.07, 6.45) is 1.92. The van der Waals surface area contributed by atoms with E-state index in [2.05, 4.69) is 28.7 Å². The van der Waals surface area contributed by atoms with Gasteiger partial charge in [-0.05, 0) is 45.1 Å². The van der Waals surface area contributed by atoms with Crippen molar-refractivity contribution in [3.63, 3.8) is 0 Å². The summed E-state index contributed by atoms with van der Waals surface area (Å²) in [5, 5.41) is 14.6. The van der Waals surface area contributed by atoms with Crippen molar-refractivity contribution in [1.29, 1.82) is 5.26 Å². The van der Waals surface area contributed by atoms with Crippen LogP contribution in [0.25, 0.3) is 0 Å². The normalized spacial score (nSPS) is 16.6. The van der Waals surface area contributed by atoms with Crippen molar-refractivity contribution in [2.24, 2.45) is 0 Å². The maximum Gasteiger partial charge on any atom is 0.319 e. The van der Waals surface area contributed by atoms with Gasteiger partial charge in [-0.3, -0.25) is 0 Å². The molecule has 1 saturated heterocycles. The average molecular weight is 258 g/mol. The number of nitrogens with zero attached hydrogens (tertiary/aromatic N) is 2. The number of anilines is 1. The Morgan fingerprint density at radius 1 is 1.37 bits per heavy atom. The zero-order valence-corrected chi connectivity index (χ0v) is 11.0. The van der Waals surface area contributed by atoms with Crippen LogP contribution in [0.2, 0.25) is 0 Å². The second kappa shape index (κ2) is 6.21. The predicted octanol–water partition coefficient (Wildman–Crippen LogP) is 1.77. The highest BCUT2D eigenvalue weighted by Gasteiger charge is 2.18. The van der Waals surface area contributed by atoms with Gasteiger partial charge in [0.1, 0.15) is 6.07 Å². The smallest absolute Gasteiger partial charge is 0.319 e. The highest BCUT2D eigenvalue weighted by atomic mass is 16.2. The molecule has 2 amide bonds. The molecule has 0 aromatic heterocycles. The standard InChI is InChI=1S/C14H18N4O/c1-18-8-6-12(7-9-18)16-14(19)17-13-5-3-2-4-11(13)10-15/h2-5,12H,6-9H2,1H3,(H2,16,17,19). The molecule has 0 bridgehead atoms. The first-order valence-electron chi connectivity index (χ1n) is 6.44. The Balaban J connectivity index is 1.89. The highest BCUT2D eigenvalue weighted by Crippen LogP contribution is 2.14. The van der Waals surface area contributed by atoms with Gasteiger partial charge in [0.15, 0.2) is 0 Å². The van der Waals surface area contributed by atoms with E-state index in [4.69, 9.17) is 5.26 Å². The van der Waals surface area contributed by atoms with E-state index in [1.54, 1.807) is 24.3 Å². The Morgan fingerprint density at radius 3 is 2.74 bits per heavy atom. The van der Waals surface area contributed by atoms with Crippen LogP contribution in [0.5, 0.6) is 0 Å². The van der Waals surface area contributed by atoms with Crippen molar-refractivity contribution in [3.8, 4) is 6.07 Å². The van der Waals surface area contributed by atoms with Crippen molar-refractivity contribution in [1.82, 2.24) is 10.2 Å². The third-order valence-electron chi connectivity index (χ3n) is 3.35. The van der Waals surface area contributed by atoms with Gasteiger partial charge in [-0.1, -0.05) is 12.1 Å². The van der Waals surface area contributed by atoms with Gasteiger partial charge in [0.25, 0.3) is 0 Å². The number of amides is 2. The molecule has 0 radical (unpaired) electrons. The number of hydrogen-bond acceptors (Lipinski definition) is 3. The number of benzene rings is 1. The minimum Gasteiger partial charge on any atom is -0.335 e. The minimum absolute atomic E-state index is 0.213. The number of likely N-dealkylation sites (tertiary alicyclic amines) is 1. The van der Waals surface area contributed by atoms with E-state index >= 15 is 0 Å². The molecule has 2 N–H and O–H groups in total. The summed E-state index contributed by atoms with van der Waals surface area (Å²) in [5.41, 5.74) is 1.02. The summed E-state index contributed by atoms with van der Waals surface area (Å²) in [6.45, 7) is 2.00. The fourth-order valence-electron chi connectivity index (χ4n) is 2.19. The molecule has 1 aliphatic rings. The van der Waals surface area contributed by atoms with E-state index in [-0.39, 0.29) is 12.1 Å². The molecular weight excluding hydrogens is 240 g/mol. The molecule has 1 aromatic rings. The Bertz CT molecular complexity index is 486. The average Bonchev–Trinajstić information content (AvgIpc) is 2.42. The van der Waals surface area contributed by atoms with Gasteiger partial charge in [0.05, 0.1) is 11.3 Å². The molecule has 0 saturated carbocycles. The molecule has 2 rings (SSSR count). The van der Waals surface area contributed by atoms with Crippen LogP contribution in [0.15, 0.2) is 24.3 Å². The first-order chi connectivity index (χ1) is 9.19. The number of carbonyl (C=O) groups is 1. The van der Waals surface area contributed by atoms with E-state index in [0.717, 1.165) is 25.9 Å². The van der Waals surface area contributed by atoms with Gasteiger partial charge in [0, 0.05) is 6.04 Å². The number of para-hydroxylation sites is 1. The summed E-state index contributed by atoms with van der Waals surface area (Å²) in [5.74, 6) is 0. The maximum atomic E-state index is 11.9. The predicted molar refractivity (Wildman–Crippen MR) is 73.8 cm³/mol. The van der Waals surface area contributed by atoms with Crippen LogP contribution in [-0.4, -0.2) is 37.1 Å². The Hall–Kier alpha value is -2.06. The van der Waals surface area contributed by atoms with Crippen LogP contribution in [0.1, 0.15) is 18.4 Å². The molecule has 0 spiro atoms. The van der Waals surface area contributed by atoms with E-state index in [9.17, 15) is 4.79 Å². The molecule has 0 aliphatic carbocycles. The fraction of sp³-hybridized carbons (Fsp3) is 0.429. The molecule has 1 heterocycles. The van der Waals surface area contributed by atoms with E-state index in [1.807, 2.05) is 0 Å². The third-order valence-corrected chi connectivity index (χ3v) is 3.35. The van der Waals surface area contributed by atoms with Crippen molar-refractivity contribution in [3.05, 3.63) is 29.8 Å². The van der Waals surface area contributed by atoms with Crippen molar-refractivity contribution < 1.29 is 4.79 Å². The lowest BCUT2D eigenvalue weighted by Gasteiger charge is -2.29. The Morgan fingerprint density at radius 2 is 2.05 bits per heavy atom. The molecule has 5 heteroatoms. The number of nitriles is 1. The summed E-state index contributed by atoms with van der Waals surface area (Å²) in [4.78, 5) is 14.1. The third kappa shape index (κ3) is 3.70. The molecule has 1 aromatic carbocycles. The maximum absolute atomic E-state index is 11.9. The molecule has 5 nitrogen and oxygen atoms in total. The SMILES string of the molecule is CN1CCC(NC(=O)Nc2ccccc2C#N)CC1. The summed E-state index contributed by atoms with van der Waals surface area (Å²) in [7, 11) is 2.08. The molecule has 100 valence electrons. The zero-order valence-electron chi connectivity index (χ0n) is 11.0. The van der Waals surface area contributed by atoms with Crippen LogP contribution in [-0.2, 0) is 0 Å². The van der Waals surface area contributed by atoms with E-state index < -0.39 is 0 Å². The Labute approximate surface area is 113 Å². The summed E-state index contributed by atoms with van der Waals surface area (Å²) in [6, 6.07) is 9.02. The van der Waals surface area contributed by atoms with Crippen molar-refractivity contribution in [2.75, 3.05) is 25.5 Å². The lowest BCUT2D eigenvalue weighted by molar-refractivity contribution is 0.221.